The molecule has 0 atom stereocenters. The number of nitrogen functional groups attached to an aromatic ring is 1. The molecule has 3 aromatic rings. The highest BCUT2D eigenvalue weighted by Crippen LogP contribution is 2.24. The molecule has 0 fully saturated rings. The van der Waals surface area contributed by atoms with Crippen molar-refractivity contribution in [2.24, 2.45) is 7.05 Å². The lowest BCUT2D eigenvalue weighted by atomic mass is 10.2. The van der Waals surface area contributed by atoms with Crippen LogP contribution in [0.4, 0.5) is 5.82 Å². The minimum Gasteiger partial charge on any atom is -0.383 e. The van der Waals surface area contributed by atoms with Crippen LogP contribution in [0.3, 0.4) is 0 Å². The second-order valence-electron chi connectivity index (χ2n) is 4.74. The fourth-order valence-corrected chi connectivity index (χ4v) is 2.19. The van der Waals surface area contributed by atoms with Crippen LogP contribution in [0, 0.1) is 6.92 Å². The van der Waals surface area contributed by atoms with E-state index >= 15 is 0 Å². The molecule has 0 aliphatic heterocycles. The molecule has 0 saturated heterocycles. The van der Waals surface area contributed by atoms with E-state index in [-0.39, 0.29) is 0 Å². The lowest BCUT2D eigenvalue weighted by Crippen LogP contribution is -2.06. The number of nitrogens with two attached hydrogens (primary N) is 1. The Hall–Kier alpha value is -2.63. The van der Waals surface area contributed by atoms with Crippen LogP contribution in [0.15, 0.2) is 36.5 Å². The standard InChI is InChI=1S/C14H16N6/c1-10-16-13(12-9-19(2)18-17-12)14(15)20(10)8-11-6-4-3-5-7-11/h3-7,9H,8,15H2,1-2H3. The van der Waals surface area contributed by atoms with Crippen molar-refractivity contribution in [2.45, 2.75) is 13.5 Å². The maximum Gasteiger partial charge on any atom is 0.135 e. The van der Waals surface area contributed by atoms with Crippen molar-refractivity contribution in [3.63, 3.8) is 0 Å². The molecular formula is C14H16N6. The van der Waals surface area contributed by atoms with Crippen molar-refractivity contribution < 1.29 is 0 Å². The smallest absolute Gasteiger partial charge is 0.135 e. The van der Waals surface area contributed by atoms with Gasteiger partial charge in [0.2, 0.25) is 0 Å². The zero-order valence-corrected chi connectivity index (χ0v) is 11.5. The quantitative estimate of drug-likeness (QED) is 0.783. The molecule has 102 valence electrons. The lowest BCUT2D eigenvalue weighted by Gasteiger charge is -2.07. The highest BCUT2D eigenvalue weighted by molar-refractivity contribution is 5.67. The Kier molecular flexibility index (Phi) is 2.98. The molecule has 3 rings (SSSR count). The van der Waals surface area contributed by atoms with Crippen molar-refractivity contribution >= 4 is 5.82 Å². The summed E-state index contributed by atoms with van der Waals surface area (Å²) in [5.74, 6) is 1.49. The molecular weight excluding hydrogens is 252 g/mol. The van der Waals surface area contributed by atoms with Crippen molar-refractivity contribution in [3.8, 4) is 11.4 Å². The second kappa shape index (κ2) is 4.80. The summed E-state index contributed by atoms with van der Waals surface area (Å²) in [4.78, 5) is 4.51. The van der Waals surface area contributed by atoms with Gasteiger partial charge in [0.15, 0.2) is 0 Å². The monoisotopic (exact) mass is 268 g/mol. The number of imidazole rings is 1. The van der Waals surface area contributed by atoms with E-state index in [4.69, 9.17) is 5.73 Å². The van der Waals surface area contributed by atoms with Gasteiger partial charge < -0.3 is 10.3 Å². The summed E-state index contributed by atoms with van der Waals surface area (Å²) in [7, 11) is 1.82. The summed E-state index contributed by atoms with van der Waals surface area (Å²) in [6.45, 7) is 2.64. The molecule has 2 heterocycles. The van der Waals surface area contributed by atoms with Crippen molar-refractivity contribution in [3.05, 3.63) is 47.9 Å². The van der Waals surface area contributed by atoms with Crippen molar-refractivity contribution in [1.82, 2.24) is 24.5 Å². The van der Waals surface area contributed by atoms with Crippen molar-refractivity contribution in [1.29, 1.82) is 0 Å². The van der Waals surface area contributed by atoms with Crippen LogP contribution in [0.25, 0.3) is 11.4 Å². The zero-order chi connectivity index (χ0) is 14.1. The van der Waals surface area contributed by atoms with Gasteiger partial charge in [0, 0.05) is 7.05 Å². The summed E-state index contributed by atoms with van der Waals surface area (Å²) in [6, 6.07) is 10.2. The molecule has 0 bridgehead atoms. The molecule has 0 amide bonds. The third kappa shape index (κ3) is 2.16. The van der Waals surface area contributed by atoms with E-state index in [0.29, 0.717) is 23.8 Å². The molecule has 2 aromatic heterocycles. The van der Waals surface area contributed by atoms with Gasteiger partial charge in [0.25, 0.3) is 0 Å². The first kappa shape index (κ1) is 12.4. The zero-order valence-electron chi connectivity index (χ0n) is 11.5. The maximum atomic E-state index is 6.22. The molecule has 2 N–H and O–H groups in total. The van der Waals surface area contributed by atoms with Crippen LogP contribution in [-0.2, 0) is 13.6 Å². The normalized spacial score (nSPS) is 10.9. The molecule has 0 unspecified atom stereocenters. The van der Waals surface area contributed by atoms with Gasteiger partial charge in [-0.05, 0) is 12.5 Å². The molecule has 20 heavy (non-hydrogen) atoms. The van der Waals surface area contributed by atoms with Gasteiger partial charge >= 0.3 is 0 Å². The topological polar surface area (TPSA) is 74.6 Å². The molecule has 0 spiro atoms. The Morgan fingerprint density at radius 1 is 1.20 bits per heavy atom. The number of nitrogens with zero attached hydrogens (tertiary/aromatic N) is 5. The molecule has 1 aromatic carbocycles. The van der Waals surface area contributed by atoms with E-state index in [1.807, 2.05) is 42.9 Å². The van der Waals surface area contributed by atoms with Gasteiger partial charge in [-0.2, -0.15) is 0 Å². The average molecular weight is 268 g/mol. The summed E-state index contributed by atoms with van der Waals surface area (Å²) in [5.41, 5.74) is 8.78. The third-order valence-corrected chi connectivity index (χ3v) is 3.23. The van der Waals surface area contributed by atoms with Crippen LogP contribution in [0.2, 0.25) is 0 Å². The van der Waals surface area contributed by atoms with Crippen LogP contribution < -0.4 is 5.73 Å². The molecule has 0 aliphatic rings. The second-order valence-corrected chi connectivity index (χ2v) is 4.74. The molecule has 0 saturated carbocycles. The SMILES string of the molecule is Cc1nc(-c2cn(C)nn2)c(N)n1Cc1ccccc1. The fraction of sp³-hybridized carbons (Fsp3) is 0.214. The third-order valence-electron chi connectivity index (χ3n) is 3.23. The van der Waals surface area contributed by atoms with Crippen LogP contribution >= 0.6 is 0 Å². The Balaban J connectivity index is 1.99. The molecule has 6 nitrogen and oxygen atoms in total. The van der Waals surface area contributed by atoms with E-state index in [1.165, 1.54) is 5.56 Å². The summed E-state index contributed by atoms with van der Waals surface area (Å²) in [6.07, 6.45) is 1.81. The Labute approximate surface area is 116 Å². The number of aryl methyl sites for hydroxylation is 2. The van der Waals surface area contributed by atoms with Crippen LogP contribution in [-0.4, -0.2) is 24.5 Å². The first-order valence-electron chi connectivity index (χ1n) is 6.38. The molecule has 0 radical (unpaired) electrons. The predicted molar refractivity (Wildman–Crippen MR) is 76.9 cm³/mol. The maximum absolute atomic E-state index is 6.22. The van der Waals surface area contributed by atoms with E-state index in [9.17, 15) is 0 Å². The van der Waals surface area contributed by atoms with E-state index < -0.39 is 0 Å². The van der Waals surface area contributed by atoms with Gasteiger partial charge in [-0.15, -0.1) is 5.10 Å². The highest BCUT2D eigenvalue weighted by Gasteiger charge is 2.16. The first-order valence-corrected chi connectivity index (χ1v) is 6.38. The minimum absolute atomic E-state index is 0.617. The number of benzene rings is 1. The first-order chi connectivity index (χ1) is 9.65. The van der Waals surface area contributed by atoms with E-state index in [0.717, 1.165) is 5.82 Å². The predicted octanol–water partition coefficient (Wildman–Crippen LogP) is 1.62. The van der Waals surface area contributed by atoms with Crippen LogP contribution in [0.1, 0.15) is 11.4 Å². The number of anilines is 1. The Morgan fingerprint density at radius 3 is 2.60 bits per heavy atom. The number of hydrogen-bond acceptors (Lipinski definition) is 4. The summed E-state index contributed by atoms with van der Waals surface area (Å²) >= 11 is 0. The van der Waals surface area contributed by atoms with Crippen molar-refractivity contribution in [2.75, 3.05) is 5.73 Å². The Morgan fingerprint density at radius 2 is 1.95 bits per heavy atom. The van der Waals surface area contributed by atoms with Gasteiger partial charge in [0.1, 0.15) is 23.0 Å². The largest absolute Gasteiger partial charge is 0.383 e. The molecule has 6 heteroatoms. The summed E-state index contributed by atoms with van der Waals surface area (Å²) < 4.78 is 3.62. The number of rotatable bonds is 3. The Bertz CT molecular complexity index is 725. The van der Waals surface area contributed by atoms with E-state index in [2.05, 4.69) is 27.4 Å². The highest BCUT2D eigenvalue weighted by atomic mass is 15.4. The molecule has 0 aliphatic carbocycles. The summed E-state index contributed by atoms with van der Waals surface area (Å²) in [5, 5.41) is 7.98. The van der Waals surface area contributed by atoms with Gasteiger partial charge in [-0.1, -0.05) is 35.5 Å². The van der Waals surface area contributed by atoms with E-state index in [1.54, 1.807) is 4.68 Å². The number of hydrogen-bond donors (Lipinski definition) is 1. The van der Waals surface area contributed by atoms with Crippen LogP contribution in [0.5, 0.6) is 0 Å². The average Bonchev–Trinajstić information content (AvgIpc) is 2.98. The fourth-order valence-electron chi connectivity index (χ4n) is 2.19. The lowest BCUT2D eigenvalue weighted by molar-refractivity contribution is 0.715. The van der Waals surface area contributed by atoms with Gasteiger partial charge in [0.05, 0.1) is 12.7 Å². The minimum atomic E-state index is 0.617. The van der Waals surface area contributed by atoms with Gasteiger partial charge in [-0.3, -0.25) is 4.68 Å². The number of aromatic nitrogens is 5. The van der Waals surface area contributed by atoms with Gasteiger partial charge in [-0.25, -0.2) is 4.98 Å².